The first-order chi connectivity index (χ1) is 8.58. The lowest BCUT2D eigenvalue weighted by Gasteiger charge is -2.11. The number of carbonyl (C=O) groups excluding carboxylic acids is 2. The van der Waals surface area contributed by atoms with Gasteiger partial charge in [-0.15, -0.1) is 0 Å². The highest BCUT2D eigenvalue weighted by atomic mass is 16.5. The molecular weight excluding hydrogens is 232 g/mol. The third kappa shape index (κ3) is 3.59. The second kappa shape index (κ2) is 6.40. The number of Topliss-reactive ketones (excluding diaryl/α,β-unsaturated/α-hetero) is 1. The Balaban J connectivity index is 2.86. The molecule has 5 nitrogen and oxygen atoms in total. The molecule has 0 spiro atoms. The Morgan fingerprint density at radius 1 is 1.39 bits per heavy atom. The Labute approximate surface area is 105 Å². The van der Waals surface area contributed by atoms with Crippen molar-refractivity contribution >= 4 is 17.4 Å². The molecule has 0 aliphatic heterocycles. The van der Waals surface area contributed by atoms with Gasteiger partial charge >= 0.3 is 0 Å². The largest absolute Gasteiger partial charge is 0.495 e. The highest BCUT2D eigenvalue weighted by Gasteiger charge is 2.12. The molecule has 0 aliphatic carbocycles. The van der Waals surface area contributed by atoms with Crippen LogP contribution in [0.15, 0.2) is 18.2 Å². The van der Waals surface area contributed by atoms with Crippen LogP contribution in [0.5, 0.6) is 5.75 Å². The van der Waals surface area contributed by atoms with Crippen molar-refractivity contribution < 1.29 is 14.3 Å². The normalized spacial score (nSPS) is 9.39. The molecule has 0 saturated heterocycles. The van der Waals surface area contributed by atoms with E-state index in [1.165, 1.54) is 14.0 Å². The summed E-state index contributed by atoms with van der Waals surface area (Å²) < 4.78 is 5.08. The third-order valence-electron chi connectivity index (χ3n) is 2.34. The molecule has 1 aromatic carbocycles. The van der Waals surface area contributed by atoms with Crippen molar-refractivity contribution in [3.63, 3.8) is 0 Å². The molecular formula is C13H14N2O3. The lowest BCUT2D eigenvalue weighted by Crippen LogP contribution is -2.14. The van der Waals surface area contributed by atoms with Gasteiger partial charge in [-0.25, -0.2) is 0 Å². The van der Waals surface area contributed by atoms with E-state index >= 15 is 0 Å². The van der Waals surface area contributed by atoms with Gasteiger partial charge in [-0.1, -0.05) is 6.07 Å². The predicted molar refractivity (Wildman–Crippen MR) is 66.3 cm³/mol. The van der Waals surface area contributed by atoms with Gasteiger partial charge in [-0.05, 0) is 19.1 Å². The maximum atomic E-state index is 11.6. The molecule has 1 rings (SSSR count). The minimum atomic E-state index is -0.314. The van der Waals surface area contributed by atoms with Crippen LogP contribution in [0, 0.1) is 11.3 Å². The minimum absolute atomic E-state index is 0.0503. The van der Waals surface area contributed by atoms with Crippen molar-refractivity contribution in [3.8, 4) is 11.8 Å². The fourth-order valence-electron chi connectivity index (χ4n) is 1.41. The number of nitrogens with one attached hydrogen (secondary N) is 1. The van der Waals surface area contributed by atoms with E-state index < -0.39 is 0 Å². The highest BCUT2D eigenvalue weighted by Crippen LogP contribution is 2.27. The van der Waals surface area contributed by atoms with Gasteiger partial charge in [0.1, 0.15) is 23.3 Å². The van der Waals surface area contributed by atoms with Gasteiger partial charge in [0.2, 0.25) is 5.91 Å². The quantitative estimate of drug-likeness (QED) is 0.860. The lowest BCUT2D eigenvalue weighted by molar-refractivity contribution is -0.121. The Kier molecular flexibility index (Phi) is 4.88. The summed E-state index contributed by atoms with van der Waals surface area (Å²) in [5, 5.41) is 11.6. The van der Waals surface area contributed by atoms with E-state index in [-0.39, 0.29) is 24.5 Å². The highest BCUT2D eigenvalue weighted by molar-refractivity contribution is 5.95. The number of rotatable bonds is 5. The van der Waals surface area contributed by atoms with Crippen LogP contribution in [0.3, 0.4) is 0 Å². The first-order valence-corrected chi connectivity index (χ1v) is 5.45. The van der Waals surface area contributed by atoms with E-state index in [9.17, 15) is 9.59 Å². The number of carbonyl (C=O) groups is 2. The van der Waals surface area contributed by atoms with Gasteiger partial charge in [-0.2, -0.15) is 5.26 Å². The summed E-state index contributed by atoms with van der Waals surface area (Å²) in [6.45, 7) is 1.43. The standard InChI is InChI=1S/C13H14N2O3/c1-9(16)6-7-12(17)15-13-10(8-14)4-3-5-11(13)18-2/h3-5H,6-7H2,1-2H3,(H,15,17). The molecule has 1 aromatic rings. The number of methoxy groups -OCH3 is 1. The summed E-state index contributed by atoms with van der Waals surface area (Å²) in [5.41, 5.74) is 0.668. The molecule has 1 N–H and O–H groups in total. The second-order valence-electron chi connectivity index (χ2n) is 3.74. The summed E-state index contributed by atoms with van der Waals surface area (Å²) in [7, 11) is 1.46. The SMILES string of the molecule is COc1cccc(C#N)c1NC(=O)CCC(C)=O. The first kappa shape index (κ1) is 13.7. The number of hydrogen-bond donors (Lipinski definition) is 1. The third-order valence-corrected chi connectivity index (χ3v) is 2.34. The van der Waals surface area contributed by atoms with Crippen LogP contribution in [-0.2, 0) is 9.59 Å². The smallest absolute Gasteiger partial charge is 0.224 e. The van der Waals surface area contributed by atoms with Crippen LogP contribution in [0.25, 0.3) is 0 Å². The molecule has 1 amide bonds. The first-order valence-electron chi connectivity index (χ1n) is 5.45. The second-order valence-corrected chi connectivity index (χ2v) is 3.74. The average Bonchev–Trinajstić information content (AvgIpc) is 2.36. The predicted octanol–water partition coefficient (Wildman–Crippen LogP) is 1.87. The van der Waals surface area contributed by atoms with Gasteiger partial charge in [0.15, 0.2) is 0 Å². The zero-order chi connectivity index (χ0) is 13.5. The van der Waals surface area contributed by atoms with Crippen LogP contribution in [-0.4, -0.2) is 18.8 Å². The van der Waals surface area contributed by atoms with Crippen molar-refractivity contribution in [2.24, 2.45) is 0 Å². The maximum absolute atomic E-state index is 11.6. The fraction of sp³-hybridized carbons (Fsp3) is 0.308. The molecule has 5 heteroatoms. The van der Waals surface area contributed by atoms with E-state index in [0.717, 1.165) is 0 Å². The van der Waals surface area contributed by atoms with Crippen LogP contribution in [0.4, 0.5) is 5.69 Å². The molecule has 0 saturated carbocycles. The molecule has 0 radical (unpaired) electrons. The summed E-state index contributed by atoms with van der Waals surface area (Å²) in [6.07, 6.45) is 0.279. The summed E-state index contributed by atoms with van der Waals surface area (Å²) in [4.78, 5) is 22.4. The summed E-state index contributed by atoms with van der Waals surface area (Å²) >= 11 is 0. The Bertz CT molecular complexity index is 503. The minimum Gasteiger partial charge on any atom is -0.495 e. The Morgan fingerprint density at radius 2 is 2.11 bits per heavy atom. The Morgan fingerprint density at radius 3 is 2.67 bits per heavy atom. The molecule has 0 bridgehead atoms. The number of amides is 1. The molecule has 18 heavy (non-hydrogen) atoms. The number of anilines is 1. The zero-order valence-corrected chi connectivity index (χ0v) is 10.3. The van der Waals surface area contributed by atoms with E-state index in [2.05, 4.69) is 5.32 Å². The van der Waals surface area contributed by atoms with E-state index in [1.807, 2.05) is 6.07 Å². The topological polar surface area (TPSA) is 79.2 Å². The molecule has 94 valence electrons. The lowest BCUT2D eigenvalue weighted by atomic mass is 10.1. The van der Waals surface area contributed by atoms with Crippen LogP contribution in [0.2, 0.25) is 0 Å². The van der Waals surface area contributed by atoms with Gasteiger partial charge in [0.25, 0.3) is 0 Å². The van der Waals surface area contributed by atoms with Gasteiger partial charge in [0.05, 0.1) is 12.7 Å². The van der Waals surface area contributed by atoms with Crippen LogP contribution in [0.1, 0.15) is 25.3 Å². The van der Waals surface area contributed by atoms with Crippen molar-refractivity contribution in [2.45, 2.75) is 19.8 Å². The van der Waals surface area contributed by atoms with E-state index in [4.69, 9.17) is 10.00 Å². The molecule has 0 heterocycles. The van der Waals surface area contributed by atoms with Gasteiger partial charge < -0.3 is 14.8 Å². The number of benzene rings is 1. The number of hydrogen-bond acceptors (Lipinski definition) is 4. The summed E-state index contributed by atoms with van der Waals surface area (Å²) in [5.74, 6) is 0.0575. The molecule has 0 aromatic heterocycles. The van der Waals surface area contributed by atoms with Crippen LogP contribution >= 0.6 is 0 Å². The maximum Gasteiger partial charge on any atom is 0.224 e. The average molecular weight is 246 g/mol. The van der Waals surface area contributed by atoms with Crippen molar-refractivity contribution in [3.05, 3.63) is 23.8 Å². The van der Waals surface area contributed by atoms with Crippen LogP contribution < -0.4 is 10.1 Å². The number of ether oxygens (including phenoxy) is 1. The van der Waals surface area contributed by atoms with Crippen molar-refractivity contribution in [2.75, 3.05) is 12.4 Å². The monoisotopic (exact) mass is 246 g/mol. The number of ketones is 1. The van der Waals surface area contributed by atoms with E-state index in [1.54, 1.807) is 18.2 Å². The molecule has 0 atom stereocenters. The van der Waals surface area contributed by atoms with E-state index in [0.29, 0.717) is 17.0 Å². The number of para-hydroxylation sites is 1. The molecule has 0 fully saturated rings. The fourth-order valence-corrected chi connectivity index (χ4v) is 1.41. The van der Waals surface area contributed by atoms with Crippen molar-refractivity contribution in [1.29, 1.82) is 5.26 Å². The number of nitrogens with zero attached hydrogens (tertiary/aromatic N) is 1. The zero-order valence-electron chi connectivity index (χ0n) is 10.3. The summed E-state index contributed by atoms with van der Waals surface area (Å²) in [6, 6.07) is 6.89. The Hall–Kier alpha value is -2.35. The number of nitriles is 1. The van der Waals surface area contributed by atoms with Gasteiger partial charge in [0, 0.05) is 12.8 Å². The van der Waals surface area contributed by atoms with Crippen molar-refractivity contribution in [1.82, 2.24) is 0 Å². The molecule has 0 aliphatic rings. The molecule has 0 unspecified atom stereocenters. The van der Waals surface area contributed by atoms with Gasteiger partial charge in [-0.3, -0.25) is 4.79 Å².